The van der Waals surface area contributed by atoms with Gasteiger partial charge in [0.15, 0.2) is 5.82 Å². The lowest BCUT2D eigenvalue weighted by Crippen LogP contribution is -2.16. The molecule has 0 spiro atoms. The summed E-state index contributed by atoms with van der Waals surface area (Å²) in [6, 6.07) is 0. The first-order valence-electron chi connectivity index (χ1n) is 3.99. The third-order valence-corrected chi connectivity index (χ3v) is 2.25. The van der Waals surface area contributed by atoms with E-state index in [1.807, 2.05) is 17.8 Å². The molecule has 0 atom stereocenters. The monoisotopic (exact) mass is 178 g/mol. The summed E-state index contributed by atoms with van der Waals surface area (Å²) >= 11 is 0. The van der Waals surface area contributed by atoms with Gasteiger partial charge in [0.25, 0.3) is 0 Å². The Balaban J connectivity index is 2.87. The van der Waals surface area contributed by atoms with E-state index in [-0.39, 0.29) is 0 Å². The maximum atomic E-state index is 4.13. The van der Waals surface area contributed by atoms with E-state index >= 15 is 0 Å². The van der Waals surface area contributed by atoms with Crippen LogP contribution in [-0.4, -0.2) is 17.6 Å². The highest BCUT2D eigenvalue weighted by Crippen LogP contribution is 1.98. The molecule has 1 aromatic rings. The lowest BCUT2D eigenvalue weighted by molar-refractivity contribution is 0.893. The van der Waals surface area contributed by atoms with Crippen LogP contribution in [0.15, 0.2) is 12.4 Å². The van der Waals surface area contributed by atoms with Gasteiger partial charge in [-0.25, -0.2) is 4.98 Å². The zero-order chi connectivity index (χ0) is 9.19. The zero-order valence-electron chi connectivity index (χ0n) is 8.05. The van der Waals surface area contributed by atoms with Crippen LogP contribution in [0.1, 0.15) is 5.82 Å². The number of rotatable bonds is 0. The van der Waals surface area contributed by atoms with Crippen molar-refractivity contribution in [2.45, 2.75) is 19.6 Å². The average Bonchev–Trinajstić information content (AvgIpc) is 2.29. The average molecular weight is 178 g/mol. The summed E-state index contributed by atoms with van der Waals surface area (Å²) in [5.74, 6) is 3.96. The first kappa shape index (κ1) is 9.08. The first-order chi connectivity index (χ1) is 5.49. The smallest absolute Gasteiger partial charge is 0.184 e. The van der Waals surface area contributed by atoms with E-state index in [1.165, 1.54) is 0 Å². The Labute approximate surface area is 74.6 Å². The molecule has 12 heavy (non-hydrogen) atoms. The molecule has 1 aromatic heterocycles. The van der Waals surface area contributed by atoms with Gasteiger partial charge in [0.2, 0.25) is 0 Å². The molecule has 0 aliphatic heterocycles. The molecule has 0 bridgehead atoms. The van der Waals surface area contributed by atoms with Gasteiger partial charge in [-0.3, -0.25) is 0 Å². The van der Waals surface area contributed by atoms with E-state index in [0.29, 0.717) is 0 Å². The third-order valence-electron chi connectivity index (χ3n) is 1.37. The molecule has 1 rings (SSSR count). The Hall–Kier alpha value is -1.01. The lowest BCUT2D eigenvalue weighted by atomic mass is 10.6. The van der Waals surface area contributed by atoms with Crippen LogP contribution >= 0.6 is 0 Å². The van der Waals surface area contributed by atoms with Crippen molar-refractivity contribution in [1.29, 1.82) is 0 Å². The summed E-state index contributed by atoms with van der Waals surface area (Å²) in [6.45, 7) is 6.68. The second-order valence-corrected chi connectivity index (χ2v) is 8.61. The fourth-order valence-corrected chi connectivity index (χ4v) is 1.22. The number of imidazole rings is 1. The quantitative estimate of drug-likeness (QED) is 0.436. The minimum absolute atomic E-state index is 0.859. The molecule has 0 saturated heterocycles. The highest BCUT2D eigenvalue weighted by atomic mass is 28.3. The Morgan fingerprint density at radius 3 is 2.50 bits per heavy atom. The molecule has 0 N–H and O–H groups in total. The van der Waals surface area contributed by atoms with Gasteiger partial charge in [0.1, 0.15) is 8.07 Å². The van der Waals surface area contributed by atoms with Crippen LogP contribution in [0.25, 0.3) is 0 Å². The second kappa shape index (κ2) is 3.16. The van der Waals surface area contributed by atoms with Crippen LogP contribution in [0.4, 0.5) is 0 Å². The van der Waals surface area contributed by atoms with Gasteiger partial charge in [0, 0.05) is 19.4 Å². The topological polar surface area (TPSA) is 17.8 Å². The molecule has 0 aliphatic carbocycles. The summed E-state index contributed by atoms with van der Waals surface area (Å²) < 4.78 is 1.94. The van der Waals surface area contributed by atoms with Crippen LogP contribution in [0.5, 0.6) is 0 Å². The highest BCUT2D eigenvalue weighted by Gasteiger charge is 2.07. The van der Waals surface area contributed by atoms with Crippen molar-refractivity contribution in [2.75, 3.05) is 0 Å². The van der Waals surface area contributed by atoms with Crippen LogP contribution < -0.4 is 0 Å². The molecule has 0 unspecified atom stereocenters. The molecule has 3 heteroatoms. The van der Waals surface area contributed by atoms with Crippen molar-refractivity contribution in [3.63, 3.8) is 0 Å². The largest absolute Gasteiger partial charge is 0.327 e. The molecule has 0 saturated carbocycles. The molecule has 64 valence electrons. The first-order valence-corrected chi connectivity index (χ1v) is 7.49. The summed E-state index contributed by atoms with van der Waals surface area (Å²) in [7, 11) is 0.709. The molecule has 0 aliphatic rings. The van der Waals surface area contributed by atoms with Crippen LogP contribution in [-0.2, 0) is 7.05 Å². The fraction of sp³-hybridized carbons (Fsp3) is 0.444. The number of aromatic nitrogens is 2. The van der Waals surface area contributed by atoms with Gasteiger partial charge >= 0.3 is 0 Å². The molecule has 0 amide bonds. The maximum absolute atomic E-state index is 4.13. The predicted octanol–water partition coefficient (Wildman–Crippen LogP) is 1.65. The number of aryl methyl sites for hydroxylation is 1. The van der Waals surface area contributed by atoms with Crippen LogP contribution in [0.3, 0.4) is 0 Å². The minimum Gasteiger partial charge on any atom is -0.327 e. The van der Waals surface area contributed by atoms with Crippen LogP contribution in [0, 0.1) is 11.5 Å². The Kier molecular flexibility index (Phi) is 2.39. The number of hydrogen-bond acceptors (Lipinski definition) is 1. The highest BCUT2D eigenvalue weighted by molar-refractivity contribution is 6.83. The number of hydrogen-bond donors (Lipinski definition) is 0. The molecule has 0 aromatic carbocycles. The van der Waals surface area contributed by atoms with Gasteiger partial charge in [0.05, 0.1) is 0 Å². The van der Waals surface area contributed by atoms with Crippen LogP contribution in [0.2, 0.25) is 19.6 Å². The van der Waals surface area contributed by atoms with E-state index in [1.54, 1.807) is 6.20 Å². The van der Waals surface area contributed by atoms with Crippen molar-refractivity contribution >= 4 is 8.07 Å². The van der Waals surface area contributed by atoms with Crippen molar-refractivity contribution in [2.24, 2.45) is 7.05 Å². The van der Waals surface area contributed by atoms with Crippen molar-refractivity contribution < 1.29 is 0 Å². The lowest BCUT2D eigenvalue weighted by Gasteiger charge is -2.02. The van der Waals surface area contributed by atoms with Crippen molar-refractivity contribution in [3.8, 4) is 11.5 Å². The summed E-state index contributed by atoms with van der Waals surface area (Å²) in [5, 5.41) is 0. The maximum Gasteiger partial charge on any atom is 0.184 e. The molecular weight excluding hydrogens is 164 g/mol. The summed E-state index contributed by atoms with van der Waals surface area (Å²) in [6.07, 6.45) is 3.68. The Morgan fingerprint density at radius 1 is 1.42 bits per heavy atom. The van der Waals surface area contributed by atoms with Gasteiger partial charge in [-0.05, 0) is 5.92 Å². The normalized spacial score (nSPS) is 10.7. The van der Waals surface area contributed by atoms with Crippen molar-refractivity contribution in [1.82, 2.24) is 9.55 Å². The fourth-order valence-electron chi connectivity index (χ4n) is 0.729. The van der Waals surface area contributed by atoms with Gasteiger partial charge < -0.3 is 4.57 Å². The van der Waals surface area contributed by atoms with Gasteiger partial charge in [-0.2, -0.15) is 0 Å². The van der Waals surface area contributed by atoms with E-state index in [0.717, 1.165) is 5.82 Å². The molecular formula is C9H14N2Si. The summed E-state index contributed by atoms with van der Waals surface area (Å²) in [4.78, 5) is 4.13. The SMILES string of the molecule is Cn1ccnc1C#C[Si](C)(C)C. The molecule has 2 nitrogen and oxygen atoms in total. The minimum atomic E-state index is -1.25. The van der Waals surface area contributed by atoms with E-state index < -0.39 is 8.07 Å². The van der Waals surface area contributed by atoms with E-state index in [9.17, 15) is 0 Å². The number of nitrogens with zero attached hydrogens (tertiary/aromatic N) is 2. The zero-order valence-corrected chi connectivity index (χ0v) is 9.05. The predicted molar refractivity (Wildman–Crippen MR) is 53.4 cm³/mol. The Bertz CT molecular complexity index is 322. The molecule has 0 fully saturated rings. The summed E-state index contributed by atoms with van der Waals surface area (Å²) in [5.41, 5.74) is 3.27. The Morgan fingerprint density at radius 2 is 2.08 bits per heavy atom. The molecule has 0 radical (unpaired) electrons. The van der Waals surface area contributed by atoms with Crippen molar-refractivity contribution in [3.05, 3.63) is 18.2 Å². The van der Waals surface area contributed by atoms with E-state index in [2.05, 4.69) is 36.1 Å². The molecule has 1 heterocycles. The van der Waals surface area contributed by atoms with Gasteiger partial charge in [-0.1, -0.05) is 19.6 Å². The van der Waals surface area contributed by atoms with Gasteiger partial charge in [-0.15, -0.1) is 5.54 Å². The second-order valence-electron chi connectivity index (χ2n) is 3.86. The third kappa shape index (κ3) is 2.55. The van der Waals surface area contributed by atoms with E-state index in [4.69, 9.17) is 0 Å². The standard InChI is InChI=1S/C9H14N2Si/c1-11-7-6-10-9(11)5-8-12(2,3)4/h6-7H,1-4H3.